The predicted molar refractivity (Wildman–Crippen MR) is 194 cm³/mol. The van der Waals surface area contributed by atoms with E-state index in [2.05, 4.69) is 39.9 Å². The van der Waals surface area contributed by atoms with Crippen molar-refractivity contribution in [2.45, 2.75) is 196 Å². The Morgan fingerprint density at radius 3 is 2.04 bits per heavy atom. The number of carbonyl (C=O) groups is 2. The molecule has 4 N–H and O–H groups in total. The summed E-state index contributed by atoms with van der Waals surface area (Å²) in [6, 6.07) is -0.847. The second-order valence-electron chi connectivity index (χ2n) is 20.6. The minimum absolute atomic E-state index is 0.0335. The minimum atomic E-state index is -0.994. The van der Waals surface area contributed by atoms with Crippen LogP contribution in [0.4, 0.5) is 4.79 Å². The number of hydrogen-bond acceptors (Lipinski definition) is 7. The number of aliphatic hydroxyl groups excluding tert-OH is 1. The second-order valence-corrected chi connectivity index (χ2v) is 20.6. The summed E-state index contributed by atoms with van der Waals surface area (Å²) in [5.74, 6) is 0.191. The molecule has 8 nitrogen and oxygen atoms in total. The van der Waals surface area contributed by atoms with Gasteiger partial charge in [-0.3, -0.25) is 0 Å². The van der Waals surface area contributed by atoms with Gasteiger partial charge in [0.25, 0.3) is 0 Å². The monoisotopic (exact) mass is 692 g/mol. The third kappa shape index (κ3) is 7.87. The van der Waals surface area contributed by atoms with E-state index in [1.165, 1.54) is 0 Å². The average Bonchev–Trinajstić information content (AvgIpc) is 3.30. The topological polar surface area (TPSA) is 125 Å². The molecule has 4 saturated carbocycles. The second kappa shape index (κ2) is 13.5. The van der Waals surface area contributed by atoms with Crippen molar-refractivity contribution >= 4 is 12.1 Å². The number of ether oxygens (including phenoxy) is 2. The maximum absolute atomic E-state index is 14.3. The third-order valence-corrected chi connectivity index (χ3v) is 14.6. The van der Waals surface area contributed by atoms with Gasteiger partial charge in [-0.25, -0.2) is 9.59 Å². The molecule has 0 bridgehead atoms. The highest BCUT2D eigenvalue weighted by atomic mass is 16.6. The number of alkyl carbamates (subject to hydrolysis) is 1. The first-order valence-corrected chi connectivity index (χ1v) is 19.5. The summed E-state index contributed by atoms with van der Waals surface area (Å²) in [7, 11) is 0. The van der Waals surface area contributed by atoms with Crippen molar-refractivity contribution in [3.05, 3.63) is 0 Å². The normalized spacial score (nSPS) is 39.2. The zero-order valence-electron chi connectivity index (χ0n) is 33.4. The van der Waals surface area contributed by atoms with Crippen LogP contribution in [-0.4, -0.2) is 62.4 Å². The molecule has 4 aliphatic carbocycles. The number of esters is 1. The van der Waals surface area contributed by atoms with Gasteiger partial charge >= 0.3 is 12.1 Å². The number of nitrogens with one attached hydrogen (secondary N) is 1. The molecule has 0 radical (unpaired) electrons. The summed E-state index contributed by atoms with van der Waals surface area (Å²) in [5.41, 5.74) is -2.96. The van der Waals surface area contributed by atoms with Crippen LogP contribution < -0.4 is 5.32 Å². The Bertz CT molecular complexity index is 1200. The van der Waals surface area contributed by atoms with E-state index in [0.29, 0.717) is 38.0 Å². The fraction of sp³-hybridized carbons (Fsp3) is 0.951. The largest absolute Gasteiger partial charge is 0.461 e. The quantitative estimate of drug-likeness (QED) is 0.170. The van der Waals surface area contributed by atoms with E-state index in [4.69, 9.17) is 9.47 Å². The van der Waals surface area contributed by atoms with Crippen LogP contribution in [-0.2, 0) is 14.3 Å². The summed E-state index contributed by atoms with van der Waals surface area (Å²) >= 11 is 0. The molecule has 1 amide bonds. The van der Waals surface area contributed by atoms with Crippen LogP contribution in [0.3, 0.4) is 0 Å². The van der Waals surface area contributed by atoms with Gasteiger partial charge in [-0.15, -0.1) is 0 Å². The maximum atomic E-state index is 14.3. The van der Waals surface area contributed by atoms with Gasteiger partial charge < -0.3 is 30.1 Å². The first-order valence-electron chi connectivity index (χ1n) is 19.5. The van der Waals surface area contributed by atoms with Crippen molar-refractivity contribution in [1.29, 1.82) is 0 Å². The Labute approximate surface area is 298 Å². The zero-order chi connectivity index (χ0) is 37.2. The van der Waals surface area contributed by atoms with E-state index in [1.807, 2.05) is 34.6 Å². The Kier molecular flexibility index (Phi) is 11.2. The van der Waals surface area contributed by atoms with Gasteiger partial charge in [-0.05, 0) is 158 Å². The van der Waals surface area contributed by atoms with Crippen molar-refractivity contribution in [2.75, 3.05) is 0 Å². The summed E-state index contributed by atoms with van der Waals surface area (Å²) < 4.78 is 12.3. The maximum Gasteiger partial charge on any atom is 0.408 e. The number of amides is 1. The molecule has 0 aromatic heterocycles. The molecule has 0 saturated heterocycles. The lowest BCUT2D eigenvalue weighted by molar-refractivity contribution is -0.251. The lowest BCUT2D eigenvalue weighted by Gasteiger charge is -2.70. The van der Waals surface area contributed by atoms with Crippen LogP contribution in [0.15, 0.2) is 0 Å². The smallest absolute Gasteiger partial charge is 0.408 e. The van der Waals surface area contributed by atoms with Crippen LogP contribution >= 0.6 is 0 Å². The van der Waals surface area contributed by atoms with Crippen molar-refractivity contribution in [3.63, 3.8) is 0 Å². The zero-order valence-corrected chi connectivity index (χ0v) is 33.4. The highest BCUT2D eigenvalue weighted by Gasteiger charge is 2.72. The molecular weight excluding hydrogens is 618 g/mol. The van der Waals surface area contributed by atoms with Crippen molar-refractivity contribution in [2.24, 2.45) is 51.2 Å². The van der Waals surface area contributed by atoms with E-state index < -0.39 is 41.0 Å². The Balaban J connectivity index is 1.74. The molecule has 49 heavy (non-hydrogen) atoms. The Morgan fingerprint density at radius 1 is 0.857 bits per heavy atom. The molecule has 4 aliphatic rings. The molecule has 11 atom stereocenters. The lowest BCUT2D eigenvalue weighted by Crippen LogP contribution is -2.67. The molecule has 0 spiro atoms. The van der Waals surface area contributed by atoms with Gasteiger partial charge in [0.15, 0.2) is 0 Å². The SMILES string of the molecule is CC(C)C[C@H](NC(=O)OC(C)(C)C)C(=O)O[C@@H]1C[C@@H]2[C@@]3(C)CC[C@H](O)C(C)(C)[C@H]3CC[C@@]2(C)[C@]2(C)CCC([C@](C)(O)CCCC(C)(C)O)[C@@H]12. The highest BCUT2D eigenvalue weighted by molar-refractivity contribution is 5.81. The number of carbonyl (C=O) groups excluding carboxylic acids is 2. The van der Waals surface area contributed by atoms with Gasteiger partial charge in [-0.2, -0.15) is 0 Å². The van der Waals surface area contributed by atoms with Gasteiger partial charge in [0.2, 0.25) is 0 Å². The standard InChI is InChI=1S/C41H73NO7/c1-25(2)23-27(42-34(45)49-35(3,4)5)33(44)48-28-24-30-38(10)20-17-31(43)37(8,9)29(38)16-22-39(30,11)40(12)21-15-26(32(28)40)41(13,47)19-14-18-36(6,7)46/h25-32,43,46-47H,14-24H2,1-13H3,(H,42,45)/t26?,27-,28+,29+,30+,31-,32-,38-,39+,40+,41+/m0/s1. The minimum Gasteiger partial charge on any atom is -0.461 e. The lowest BCUT2D eigenvalue weighted by atomic mass is 9.35. The molecule has 0 heterocycles. The molecular formula is C41H73NO7. The van der Waals surface area contributed by atoms with Crippen LogP contribution in [0.2, 0.25) is 0 Å². The fourth-order valence-corrected chi connectivity index (χ4v) is 12.0. The number of rotatable bonds is 10. The number of hydrogen-bond donors (Lipinski definition) is 4. The number of fused-ring (bicyclic) bond motifs is 5. The Morgan fingerprint density at radius 2 is 1.47 bits per heavy atom. The average molecular weight is 692 g/mol. The first-order chi connectivity index (χ1) is 22.2. The summed E-state index contributed by atoms with van der Waals surface area (Å²) in [6.07, 6.45) is 7.23. The first kappa shape index (κ1) is 40.4. The van der Waals surface area contributed by atoms with E-state index in [1.54, 1.807) is 20.8 Å². The molecule has 0 aromatic carbocycles. The molecule has 284 valence electrons. The van der Waals surface area contributed by atoms with E-state index in [-0.39, 0.29) is 51.4 Å². The summed E-state index contributed by atoms with van der Waals surface area (Å²) in [5, 5.41) is 36.7. The third-order valence-electron chi connectivity index (χ3n) is 14.6. The number of aliphatic hydroxyl groups is 3. The predicted octanol–water partition coefficient (Wildman–Crippen LogP) is 8.19. The van der Waals surface area contributed by atoms with Crippen molar-refractivity contribution < 1.29 is 34.4 Å². The van der Waals surface area contributed by atoms with E-state index >= 15 is 0 Å². The van der Waals surface area contributed by atoms with Gasteiger partial charge in [0.1, 0.15) is 17.7 Å². The molecule has 4 fully saturated rings. The molecule has 0 aliphatic heterocycles. The van der Waals surface area contributed by atoms with E-state index in [9.17, 15) is 24.9 Å². The summed E-state index contributed by atoms with van der Waals surface area (Å²) in [6.45, 7) is 26.9. The van der Waals surface area contributed by atoms with Crippen LogP contribution in [0, 0.1) is 51.2 Å². The summed E-state index contributed by atoms with van der Waals surface area (Å²) in [4.78, 5) is 27.3. The molecule has 8 heteroatoms. The van der Waals surface area contributed by atoms with E-state index in [0.717, 1.165) is 38.5 Å². The van der Waals surface area contributed by atoms with Gasteiger partial charge in [0, 0.05) is 5.92 Å². The van der Waals surface area contributed by atoms with Crippen LogP contribution in [0.5, 0.6) is 0 Å². The molecule has 1 unspecified atom stereocenters. The Hall–Kier alpha value is -1.38. The fourth-order valence-electron chi connectivity index (χ4n) is 12.0. The molecule has 0 aromatic rings. The van der Waals surface area contributed by atoms with Crippen LogP contribution in [0.25, 0.3) is 0 Å². The van der Waals surface area contributed by atoms with Crippen molar-refractivity contribution in [1.82, 2.24) is 5.32 Å². The van der Waals surface area contributed by atoms with Gasteiger partial charge in [0.05, 0.1) is 17.3 Å². The van der Waals surface area contributed by atoms with Crippen molar-refractivity contribution in [3.8, 4) is 0 Å². The molecule has 4 rings (SSSR count). The van der Waals surface area contributed by atoms with Crippen LogP contribution in [0.1, 0.15) is 161 Å². The highest BCUT2D eigenvalue weighted by Crippen LogP contribution is 2.76. The van der Waals surface area contributed by atoms with Gasteiger partial charge in [-0.1, -0.05) is 48.5 Å².